The van der Waals surface area contributed by atoms with Crippen molar-refractivity contribution >= 4 is 5.69 Å². The van der Waals surface area contributed by atoms with E-state index in [-0.39, 0.29) is 12.1 Å². The zero-order valence-corrected chi connectivity index (χ0v) is 11.3. The summed E-state index contributed by atoms with van der Waals surface area (Å²) >= 11 is 0. The summed E-state index contributed by atoms with van der Waals surface area (Å²) in [5.74, 6) is 0. The van der Waals surface area contributed by atoms with Crippen LogP contribution in [0.25, 0.3) is 0 Å². The van der Waals surface area contributed by atoms with Gasteiger partial charge >= 0.3 is 0 Å². The van der Waals surface area contributed by atoms with Gasteiger partial charge in [-0.05, 0) is 24.1 Å². The number of benzene rings is 2. The minimum absolute atomic E-state index is 0.0662. The third kappa shape index (κ3) is 3.83. The van der Waals surface area contributed by atoms with Crippen LogP contribution in [0.4, 0.5) is 5.69 Å². The second-order valence-electron chi connectivity index (χ2n) is 4.75. The normalized spacial score (nSPS) is 13.8. The first-order valence-electron chi connectivity index (χ1n) is 6.86. The van der Waals surface area contributed by atoms with Crippen LogP contribution in [0, 0.1) is 0 Å². The zero-order chi connectivity index (χ0) is 13.5. The van der Waals surface area contributed by atoms with Crippen molar-refractivity contribution < 1.29 is 5.11 Å². The highest BCUT2D eigenvalue weighted by Gasteiger charge is 2.19. The number of hydrogen-bond donors (Lipinski definition) is 2. The molecule has 2 aromatic carbocycles. The molecule has 0 aromatic heterocycles. The lowest BCUT2D eigenvalue weighted by atomic mass is 9.98. The maximum Gasteiger partial charge on any atom is 0.0783 e. The summed E-state index contributed by atoms with van der Waals surface area (Å²) in [6, 6.07) is 20.1. The monoisotopic (exact) mass is 255 g/mol. The highest BCUT2D eigenvalue weighted by Crippen LogP contribution is 2.24. The van der Waals surface area contributed by atoms with E-state index in [4.69, 9.17) is 0 Å². The van der Waals surface area contributed by atoms with Crippen molar-refractivity contribution in [2.24, 2.45) is 0 Å². The van der Waals surface area contributed by atoms with Gasteiger partial charge in [0, 0.05) is 5.69 Å². The lowest BCUT2D eigenvalue weighted by molar-refractivity contribution is 0.142. The van der Waals surface area contributed by atoms with E-state index in [1.54, 1.807) is 0 Å². The summed E-state index contributed by atoms with van der Waals surface area (Å²) < 4.78 is 0. The molecule has 0 saturated heterocycles. The number of anilines is 1. The maximum absolute atomic E-state index is 10.4. The summed E-state index contributed by atoms with van der Waals surface area (Å²) in [5.41, 5.74) is 2.15. The van der Waals surface area contributed by atoms with Gasteiger partial charge in [-0.25, -0.2) is 0 Å². The second-order valence-corrected chi connectivity index (χ2v) is 4.75. The van der Waals surface area contributed by atoms with Crippen LogP contribution in [-0.2, 0) is 0 Å². The van der Waals surface area contributed by atoms with Crippen LogP contribution in [0.2, 0.25) is 0 Å². The Morgan fingerprint density at radius 3 is 2.11 bits per heavy atom. The Kier molecular flexibility index (Phi) is 4.99. The maximum atomic E-state index is 10.4. The topological polar surface area (TPSA) is 32.3 Å². The van der Waals surface area contributed by atoms with Crippen LogP contribution in [0.3, 0.4) is 0 Å². The molecule has 0 bridgehead atoms. The van der Waals surface area contributed by atoms with E-state index < -0.39 is 0 Å². The third-order valence-electron chi connectivity index (χ3n) is 3.22. The Hall–Kier alpha value is -1.80. The molecule has 2 nitrogen and oxygen atoms in total. The molecule has 0 saturated carbocycles. The molecule has 0 aliphatic rings. The van der Waals surface area contributed by atoms with Crippen LogP contribution >= 0.6 is 0 Å². The molecule has 0 spiro atoms. The van der Waals surface area contributed by atoms with Crippen molar-refractivity contribution in [3.05, 3.63) is 66.2 Å². The van der Waals surface area contributed by atoms with Crippen molar-refractivity contribution in [2.45, 2.75) is 31.9 Å². The van der Waals surface area contributed by atoms with Crippen LogP contribution in [0.1, 0.15) is 31.4 Å². The van der Waals surface area contributed by atoms with Crippen LogP contribution in [-0.4, -0.2) is 11.2 Å². The fraction of sp³-hybridized carbons (Fsp3) is 0.294. The van der Waals surface area contributed by atoms with Crippen molar-refractivity contribution in [2.75, 3.05) is 5.32 Å². The van der Waals surface area contributed by atoms with Crippen molar-refractivity contribution in [1.82, 2.24) is 0 Å². The van der Waals surface area contributed by atoms with E-state index in [0.29, 0.717) is 0 Å². The van der Waals surface area contributed by atoms with Gasteiger partial charge in [0.25, 0.3) is 0 Å². The number of nitrogens with one attached hydrogen (secondary N) is 1. The predicted molar refractivity (Wildman–Crippen MR) is 80.2 cm³/mol. The quantitative estimate of drug-likeness (QED) is 0.817. The lowest BCUT2D eigenvalue weighted by Crippen LogP contribution is -2.25. The van der Waals surface area contributed by atoms with Gasteiger partial charge in [-0.15, -0.1) is 0 Å². The Morgan fingerprint density at radius 1 is 0.947 bits per heavy atom. The molecule has 100 valence electrons. The van der Waals surface area contributed by atoms with Gasteiger partial charge in [-0.2, -0.15) is 0 Å². The largest absolute Gasteiger partial charge is 0.391 e. The standard InChI is InChI=1S/C17H21NO/c1-2-9-16(19)17(14-10-5-3-6-11-14)18-15-12-7-4-8-13-15/h3-8,10-13,16-19H,2,9H2,1H3. The molecule has 2 rings (SSSR count). The SMILES string of the molecule is CCCC(O)C(Nc1ccccc1)c1ccccc1. The summed E-state index contributed by atoms with van der Waals surface area (Å²) in [6.45, 7) is 2.09. The predicted octanol–water partition coefficient (Wildman–Crippen LogP) is 4.00. The first-order valence-corrected chi connectivity index (χ1v) is 6.86. The molecular formula is C17H21NO. The average molecular weight is 255 g/mol. The molecule has 0 radical (unpaired) electrons. The van der Waals surface area contributed by atoms with Crippen LogP contribution in [0.5, 0.6) is 0 Å². The van der Waals surface area contributed by atoms with E-state index in [1.165, 1.54) is 0 Å². The minimum atomic E-state index is -0.382. The number of aliphatic hydroxyl groups is 1. The molecule has 0 fully saturated rings. The number of para-hydroxylation sites is 1. The van der Waals surface area contributed by atoms with Crippen molar-refractivity contribution in [1.29, 1.82) is 0 Å². The molecule has 0 aliphatic carbocycles. The van der Waals surface area contributed by atoms with E-state index >= 15 is 0 Å². The Morgan fingerprint density at radius 2 is 1.53 bits per heavy atom. The van der Waals surface area contributed by atoms with Gasteiger partial charge in [0.15, 0.2) is 0 Å². The molecular weight excluding hydrogens is 234 g/mol. The molecule has 2 atom stereocenters. The fourth-order valence-corrected chi connectivity index (χ4v) is 2.24. The number of hydrogen-bond acceptors (Lipinski definition) is 2. The molecule has 19 heavy (non-hydrogen) atoms. The molecule has 2 N–H and O–H groups in total. The zero-order valence-electron chi connectivity index (χ0n) is 11.3. The highest BCUT2D eigenvalue weighted by atomic mass is 16.3. The molecule has 2 unspecified atom stereocenters. The average Bonchev–Trinajstić information content (AvgIpc) is 2.47. The summed E-state index contributed by atoms with van der Waals surface area (Å²) in [7, 11) is 0. The number of aliphatic hydroxyl groups excluding tert-OH is 1. The summed E-state index contributed by atoms with van der Waals surface area (Å²) in [4.78, 5) is 0. The smallest absolute Gasteiger partial charge is 0.0783 e. The fourth-order valence-electron chi connectivity index (χ4n) is 2.24. The van der Waals surface area contributed by atoms with E-state index in [2.05, 4.69) is 24.4 Å². The molecule has 2 aromatic rings. The van der Waals surface area contributed by atoms with E-state index in [1.807, 2.05) is 48.5 Å². The van der Waals surface area contributed by atoms with Gasteiger partial charge in [0.05, 0.1) is 12.1 Å². The van der Waals surface area contributed by atoms with Gasteiger partial charge in [0.1, 0.15) is 0 Å². The van der Waals surface area contributed by atoms with Crippen LogP contribution < -0.4 is 5.32 Å². The molecule has 0 heterocycles. The second kappa shape index (κ2) is 6.95. The van der Waals surface area contributed by atoms with E-state index in [0.717, 1.165) is 24.1 Å². The van der Waals surface area contributed by atoms with Gasteiger partial charge < -0.3 is 10.4 Å². The Balaban J connectivity index is 2.20. The number of rotatable bonds is 6. The highest BCUT2D eigenvalue weighted by molar-refractivity contribution is 5.45. The summed E-state index contributed by atoms with van der Waals surface area (Å²) in [5, 5.41) is 13.8. The molecule has 2 heteroatoms. The molecule has 0 aliphatic heterocycles. The lowest BCUT2D eigenvalue weighted by Gasteiger charge is -2.25. The van der Waals surface area contributed by atoms with Crippen molar-refractivity contribution in [3.63, 3.8) is 0 Å². The first-order chi connectivity index (χ1) is 9.31. The van der Waals surface area contributed by atoms with Gasteiger partial charge in [0.2, 0.25) is 0 Å². The van der Waals surface area contributed by atoms with E-state index in [9.17, 15) is 5.11 Å². The molecule has 0 amide bonds. The minimum Gasteiger partial charge on any atom is -0.391 e. The van der Waals surface area contributed by atoms with Crippen LogP contribution in [0.15, 0.2) is 60.7 Å². The Labute approximate surface area is 115 Å². The van der Waals surface area contributed by atoms with Crippen molar-refractivity contribution in [3.8, 4) is 0 Å². The first kappa shape index (κ1) is 13.6. The van der Waals surface area contributed by atoms with Gasteiger partial charge in [-0.3, -0.25) is 0 Å². The summed E-state index contributed by atoms with van der Waals surface area (Å²) in [6.07, 6.45) is 1.38. The van der Waals surface area contributed by atoms with Gasteiger partial charge in [-0.1, -0.05) is 61.9 Å². The Bertz CT molecular complexity index is 469. The third-order valence-corrected chi connectivity index (χ3v) is 3.22.